The van der Waals surface area contributed by atoms with Crippen LogP contribution in [0, 0.1) is 5.92 Å². The predicted octanol–water partition coefficient (Wildman–Crippen LogP) is 5.18. The highest BCUT2D eigenvalue weighted by Crippen LogP contribution is 2.32. The Hall–Kier alpha value is -4.85. The number of nitrogens with one attached hydrogen (secondary N) is 1. The van der Waals surface area contributed by atoms with Gasteiger partial charge in [-0.2, -0.15) is 0 Å². The molecule has 4 aromatic carbocycles. The first-order valence-electron chi connectivity index (χ1n) is 12.2. The first-order chi connectivity index (χ1) is 18.5. The van der Waals surface area contributed by atoms with E-state index in [9.17, 15) is 14.4 Å². The molecule has 1 aliphatic heterocycles. The van der Waals surface area contributed by atoms with Gasteiger partial charge in [0.2, 0.25) is 5.91 Å². The molecular formula is C30H26N2O6. The van der Waals surface area contributed by atoms with E-state index in [0.29, 0.717) is 22.9 Å². The summed E-state index contributed by atoms with van der Waals surface area (Å²) in [6, 6.07) is 27.8. The molecule has 2 amide bonds. The van der Waals surface area contributed by atoms with Crippen LogP contribution in [0.1, 0.15) is 6.42 Å². The molecule has 0 saturated carbocycles. The molecule has 4 aromatic rings. The Morgan fingerprint density at radius 3 is 2.37 bits per heavy atom. The summed E-state index contributed by atoms with van der Waals surface area (Å²) < 4.78 is 16.3. The van der Waals surface area contributed by atoms with Crippen LogP contribution in [0.25, 0.3) is 10.8 Å². The lowest BCUT2D eigenvalue weighted by Gasteiger charge is -2.17. The van der Waals surface area contributed by atoms with Gasteiger partial charge >= 0.3 is 5.97 Å². The lowest BCUT2D eigenvalue weighted by Crippen LogP contribution is -2.28. The molecule has 0 aliphatic carbocycles. The lowest BCUT2D eigenvalue weighted by atomic mass is 10.1. The Bertz CT molecular complexity index is 1460. The first-order valence-corrected chi connectivity index (χ1v) is 12.2. The molecule has 5 rings (SSSR count). The van der Waals surface area contributed by atoms with Gasteiger partial charge in [-0.3, -0.25) is 14.4 Å². The highest BCUT2D eigenvalue weighted by atomic mass is 16.5. The number of nitrogens with zero attached hydrogens (tertiary/aromatic N) is 1. The smallest absolute Gasteiger partial charge is 0.311 e. The molecule has 0 aromatic heterocycles. The van der Waals surface area contributed by atoms with Crippen LogP contribution in [-0.2, 0) is 19.1 Å². The molecule has 1 saturated heterocycles. The molecule has 1 heterocycles. The molecule has 38 heavy (non-hydrogen) atoms. The summed E-state index contributed by atoms with van der Waals surface area (Å²) in [6.07, 6.45) is 0.0210. The first kappa shape index (κ1) is 24.8. The zero-order chi connectivity index (χ0) is 26.5. The quantitative estimate of drug-likeness (QED) is 0.329. The summed E-state index contributed by atoms with van der Waals surface area (Å²) in [5.74, 6) is 0.160. The van der Waals surface area contributed by atoms with Gasteiger partial charge in [0.15, 0.2) is 6.61 Å². The Balaban J connectivity index is 1.15. The summed E-state index contributed by atoms with van der Waals surface area (Å²) in [6.45, 7) is -0.253. The topological polar surface area (TPSA) is 94.2 Å². The van der Waals surface area contributed by atoms with E-state index in [0.717, 1.165) is 16.5 Å². The fraction of sp³-hybridized carbons (Fsp3) is 0.167. The van der Waals surface area contributed by atoms with E-state index in [1.807, 2.05) is 42.5 Å². The van der Waals surface area contributed by atoms with Gasteiger partial charge in [0.05, 0.1) is 13.0 Å². The number of esters is 1. The zero-order valence-electron chi connectivity index (χ0n) is 20.8. The average molecular weight is 511 g/mol. The van der Waals surface area contributed by atoms with E-state index in [1.54, 1.807) is 60.5 Å². The number of ether oxygens (including phenoxy) is 3. The molecule has 0 unspecified atom stereocenters. The summed E-state index contributed by atoms with van der Waals surface area (Å²) in [5.41, 5.74) is 1.22. The lowest BCUT2D eigenvalue weighted by molar-refractivity contribution is -0.151. The second kappa shape index (κ2) is 11.0. The monoisotopic (exact) mass is 510 g/mol. The Labute approximate surface area is 219 Å². The number of carbonyl (C=O) groups is 3. The third kappa shape index (κ3) is 5.59. The van der Waals surface area contributed by atoms with Gasteiger partial charge < -0.3 is 24.4 Å². The van der Waals surface area contributed by atoms with Crippen molar-refractivity contribution < 1.29 is 28.6 Å². The number of fused-ring (bicyclic) bond motifs is 1. The number of hydrogen-bond donors (Lipinski definition) is 1. The maximum absolute atomic E-state index is 12.6. The molecule has 8 nitrogen and oxygen atoms in total. The van der Waals surface area contributed by atoms with Crippen molar-refractivity contribution in [3.8, 4) is 17.2 Å². The van der Waals surface area contributed by atoms with Crippen molar-refractivity contribution >= 4 is 39.9 Å². The van der Waals surface area contributed by atoms with Crippen molar-refractivity contribution in [2.45, 2.75) is 6.42 Å². The van der Waals surface area contributed by atoms with Gasteiger partial charge in [0, 0.05) is 29.7 Å². The minimum atomic E-state index is -0.650. The van der Waals surface area contributed by atoms with Crippen molar-refractivity contribution in [1.82, 2.24) is 0 Å². The number of rotatable bonds is 8. The van der Waals surface area contributed by atoms with Crippen molar-refractivity contribution in [2.75, 3.05) is 30.5 Å². The summed E-state index contributed by atoms with van der Waals surface area (Å²) >= 11 is 0. The maximum atomic E-state index is 12.6. The molecule has 1 atom stereocenters. The molecular weight excluding hydrogens is 484 g/mol. The van der Waals surface area contributed by atoms with Crippen LogP contribution >= 0.6 is 0 Å². The average Bonchev–Trinajstić information content (AvgIpc) is 3.34. The number of benzene rings is 4. The van der Waals surface area contributed by atoms with Crippen LogP contribution in [0.3, 0.4) is 0 Å². The third-order valence-electron chi connectivity index (χ3n) is 6.30. The molecule has 192 valence electrons. The van der Waals surface area contributed by atoms with Crippen LogP contribution in [0.2, 0.25) is 0 Å². The SMILES string of the molecule is COc1ccc(NC(=O)COC(=O)[C@@H]2CC(=O)N(c3ccc(Oc4cccc5ccccc45)cc3)C2)cc1. The van der Waals surface area contributed by atoms with Gasteiger partial charge in [-0.05, 0) is 60.0 Å². The van der Waals surface area contributed by atoms with Crippen LogP contribution in [0.15, 0.2) is 91.0 Å². The van der Waals surface area contributed by atoms with Crippen molar-refractivity contribution in [3.05, 3.63) is 91.0 Å². The van der Waals surface area contributed by atoms with E-state index in [-0.39, 0.29) is 18.9 Å². The highest BCUT2D eigenvalue weighted by Gasteiger charge is 2.36. The minimum Gasteiger partial charge on any atom is -0.497 e. The molecule has 0 radical (unpaired) electrons. The molecule has 8 heteroatoms. The van der Waals surface area contributed by atoms with Crippen LogP contribution in [0.4, 0.5) is 11.4 Å². The van der Waals surface area contributed by atoms with E-state index >= 15 is 0 Å². The number of methoxy groups -OCH3 is 1. The largest absolute Gasteiger partial charge is 0.497 e. The van der Waals surface area contributed by atoms with E-state index in [1.165, 1.54) is 0 Å². The maximum Gasteiger partial charge on any atom is 0.311 e. The molecule has 1 N–H and O–H groups in total. The van der Waals surface area contributed by atoms with Crippen LogP contribution in [0.5, 0.6) is 17.2 Å². The highest BCUT2D eigenvalue weighted by molar-refractivity contribution is 6.00. The third-order valence-corrected chi connectivity index (χ3v) is 6.30. The van der Waals surface area contributed by atoms with Gasteiger partial charge in [-0.15, -0.1) is 0 Å². The van der Waals surface area contributed by atoms with Crippen molar-refractivity contribution in [3.63, 3.8) is 0 Å². The Kier molecular flexibility index (Phi) is 7.21. The summed E-state index contributed by atoms with van der Waals surface area (Å²) in [4.78, 5) is 38.9. The molecule has 0 spiro atoms. The van der Waals surface area contributed by atoms with Crippen LogP contribution < -0.4 is 19.7 Å². The minimum absolute atomic E-state index is 0.0210. The van der Waals surface area contributed by atoms with E-state index in [4.69, 9.17) is 14.2 Å². The number of amides is 2. The fourth-order valence-corrected chi connectivity index (χ4v) is 4.35. The van der Waals surface area contributed by atoms with Crippen molar-refractivity contribution in [2.24, 2.45) is 5.92 Å². The number of carbonyl (C=O) groups excluding carboxylic acids is 3. The second-order valence-corrected chi connectivity index (χ2v) is 8.86. The number of hydrogen-bond acceptors (Lipinski definition) is 6. The van der Waals surface area contributed by atoms with Gasteiger partial charge in [0.1, 0.15) is 17.2 Å². The summed E-state index contributed by atoms with van der Waals surface area (Å²) in [5, 5.41) is 4.74. The zero-order valence-corrected chi connectivity index (χ0v) is 20.8. The molecule has 1 aliphatic rings. The van der Waals surface area contributed by atoms with E-state index < -0.39 is 24.4 Å². The Morgan fingerprint density at radius 1 is 0.895 bits per heavy atom. The number of anilines is 2. The molecule has 0 bridgehead atoms. The van der Waals surface area contributed by atoms with Crippen LogP contribution in [-0.4, -0.2) is 38.0 Å². The van der Waals surface area contributed by atoms with E-state index in [2.05, 4.69) is 5.32 Å². The second-order valence-electron chi connectivity index (χ2n) is 8.86. The van der Waals surface area contributed by atoms with Gasteiger partial charge in [-0.1, -0.05) is 36.4 Å². The molecule has 1 fully saturated rings. The van der Waals surface area contributed by atoms with Crippen molar-refractivity contribution in [1.29, 1.82) is 0 Å². The summed E-state index contributed by atoms with van der Waals surface area (Å²) in [7, 11) is 1.55. The van der Waals surface area contributed by atoms with Gasteiger partial charge in [0.25, 0.3) is 5.91 Å². The Morgan fingerprint density at radius 2 is 1.61 bits per heavy atom. The normalized spacial score (nSPS) is 14.8. The van der Waals surface area contributed by atoms with Gasteiger partial charge in [-0.25, -0.2) is 0 Å². The standard InChI is InChI=1S/C30H26N2O6/c1-36-24-13-9-22(10-14-24)31-28(33)19-37-30(35)21-17-29(34)32(18-21)23-11-15-25(16-12-23)38-27-8-4-6-20-5-2-3-7-26(20)27/h2-16,21H,17-19H2,1H3,(H,31,33)/t21-/m1/s1. The predicted molar refractivity (Wildman–Crippen MR) is 144 cm³/mol. The fourth-order valence-electron chi connectivity index (χ4n) is 4.35.